The summed E-state index contributed by atoms with van der Waals surface area (Å²) in [4.78, 5) is 7.45. The van der Waals surface area contributed by atoms with E-state index in [4.69, 9.17) is 4.74 Å². The van der Waals surface area contributed by atoms with E-state index in [1.807, 2.05) is 0 Å². The lowest BCUT2D eigenvalue weighted by atomic mass is 10.0. The predicted molar refractivity (Wildman–Crippen MR) is 71.7 cm³/mol. The quantitative estimate of drug-likeness (QED) is 0.904. The van der Waals surface area contributed by atoms with Gasteiger partial charge >= 0.3 is 0 Å². The minimum atomic E-state index is -0.876. The number of fused-ring (bicyclic) bond motifs is 1. The van der Waals surface area contributed by atoms with E-state index in [1.54, 1.807) is 0 Å². The van der Waals surface area contributed by atoms with Crippen LogP contribution in [-0.4, -0.2) is 35.8 Å². The number of benzene rings is 1. The average molecular weight is 281 g/mol. The van der Waals surface area contributed by atoms with Crippen LogP contribution < -0.4 is 5.32 Å². The average Bonchev–Trinajstić information content (AvgIpc) is 3.03. The second-order valence-corrected chi connectivity index (χ2v) is 5.11. The number of aromatic nitrogens is 2. The lowest BCUT2D eigenvalue weighted by Gasteiger charge is -2.16. The Morgan fingerprint density at radius 2 is 2.15 bits per heavy atom. The second-order valence-electron chi connectivity index (χ2n) is 5.11. The summed E-state index contributed by atoms with van der Waals surface area (Å²) in [5, 5.41) is 3.41. The minimum Gasteiger partial charge on any atom is -0.379 e. The maximum Gasteiger partial charge on any atom is 0.161 e. The van der Waals surface area contributed by atoms with Crippen molar-refractivity contribution in [2.75, 3.05) is 19.8 Å². The summed E-state index contributed by atoms with van der Waals surface area (Å²) >= 11 is 0. The van der Waals surface area contributed by atoms with Crippen molar-refractivity contribution in [2.45, 2.75) is 25.3 Å². The van der Waals surface area contributed by atoms with Crippen LogP contribution in [0.3, 0.4) is 0 Å². The molecule has 0 saturated carbocycles. The third-order valence-corrected chi connectivity index (χ3v) is 3.63. The van der Waals surface area contributed by atoms with Crippen LogP contribution in [-0.2, 0) is 4.74 Å². The van der Waals surface area contributed by atoms with E-state index in [9.17, 15) is 8.78 Å². The predicted octanol–water partition coefficient (Wildman–Crippen LogP) is 2.32. The van der Waals surface area contributed by atoms with E-state index in [0.717, 1.165) is 30.9 Å². The third kappa shape index (κ3) is 2.41. The van der Waals surface area contributed by atoms with E-state index in [-0.39, 0.29) is 12.0 Å². The Balaban J connectivity index is 1.89. The molecule has 4 nitrogen and oxygen atoms in total. The number of aromatic amines is 1. The zero-order chi connectivity index (χ0) is 14.1. The van der Waals surface area contributed by atoms with Crippen LogP contribution >= 0.6 is 0 Å². The zero-order valence-electron chi connectivity index (χ0n) is 11.2. The van der Waals surface area contributed by atoms with E-state index in [1.165, 1.54) is 0 Å². The molecule has 108 valence electrons. The number of imidazole rings is 1. The molecule has 2 aromatic rings. The van der Waals surface area contributed by atoms with Gasteiger partial charge in [-0.25, -0.2) is 13.8 Å². The molecule has 1 aromatic heterocycles. The van der Waals surface area contributed by atoms with Crippen LogP contribution in [0.4, 0.5) is 8.78 Å². The van der Waals surface area contributed by atoms with Gasteiger partial charge in [-0.15, -0.1) is 0 Å². The Kier molecular flexibility index (Phi) is 3.67. The number of nitrogens with one attached hydrogen (secondary N) is 2. The molecule has 1 saturated heterocycles. The van der Waals surface area contributed by atoms with Crippen LogP contribution in [0, 0.1) is 11.6 Å². The fourth-order valence-corrected chi connectivity index (χ4v) is 2.55. The fourth-order valence-electron chi connectivity index (χ4n) is 2.55. The molecule has 0 bridgehead atoms. The van der Waals surface area contributed by atoms with Crippen LogP contribution in [0.5, 0.6) is 0 Å². The maximum atomic E-state index is 13.2. The monoisotopic (exact) mass is 281 g/mol. The lowest BCUT2D eigenvalue weighted by molar-refractivity contribution is 0.187. The molecule has 0 radical (unpaired) electrons. The van der Waals surface area contributed by atoms with Gasteiger partial charge in [-0.05, 0) is 13.0 Å². The number of hydrogen-bond acceptors (Lipinski definition) is 3. The van der Waals surface area contributed by atoms with Crippen molar-refractivity contribution in [3.8, 4) is 0 Å². The first-order valence-electron chi connectivity index (χ1n) is 6.85. The summed E-state index contributed by atoms with van der Waals surface area (Å²) in [5.41, 5.74) is 0.958. The van der Waals surface area contributed by atoms with Crippen LogP contribution in [0.15, 0.2) is 12.1 Å². The Morgan fingerprint density at radius 3 is 2.95 bits per heavy atom. The Morgan fingerprint density at radius 1 is 1.35 bits per heavy atom. The highest BCUT2D eigenvalue weighted by Crippen LogP contribution is 2.26. The number of nitrogens with zero attached hydrogens (tertiary/aromatic N) is 1. The molecule has 20 heavy (non-hydrogen) atoms. The van der Waals surface area contributed by atoms with Crippen molar-refractivity contribution in [1.82, 2.24) is 15.3 Å². The van der Waals surface area contributed by atoms with Crippen molar-refractivity contribution in [1.29, 1.82) is 0 Å². The summed E-state index contributed by atoms with van der Waals surface area (Å²) < 4.78 is 31.9. The zero-order valence-corrected chi connectivity index (χ0v) is 11.2. The van der Waals surface area contributed by atoms with Crippen LogP contribution in [0.25, 0.3) is 11.0 Å². The van der Waals surface area contributed by atoms with Gasteiger partial charge in [-0.1, -0.05) is 6.92 Å². The molecule has 0 spiro atoms. The second kappa shape index (κ2) is 5.46. The molecule has 2 heterocycles. The summed E-state index contributed by atoms with van der Waals surface area (Å²) in [6.45, 7) is 4.20. The van der Waals surface area contributed by atoms with E-state index in [2.05, 4.69) is 22.2 Å². The highest BCUT2D eigenvalue weighted by atomic mass is 19.2. The molecule has 2 atom stereocenters. The van der Waals surface area contributed by atoms with Gasteiger partial charge < -0.3 is 15.0 Å². The topological polar surface area (TPSA) is 49.9 Å². The normalized spacial score (nSPS) is 22.8. The number of hydrogen-bond donors (Lipinski definition) is 2. The number of halogens is 2. The molecule has 6 heteroatoms. The highest BCUT2D eigenvalue weighted by molar-refractivity contribution is 5.75. The van der Waals surface area contributed by atoms with Gasteiger partial charge in [-0.3, -0.25) is 0 Å². The molecule has 2 unspecified atom stereocenters. The number of H-pyrrole nitrogens is 1. The van der Waals surface area contributed by atoms with Crippen molar-refractivity contribution in [3.63, 3.8) is 0 Å². The summed E-state index contributed by atoms with van der Waals surface area (Å²) in [5.74, 6) is -0.939. The van der Waals surface area contributed by atoms with E-state index in [0.29, 0.717) is 24.2 Å². The Hall–Kier alpha value is -1.53. The van der Waals surface area contributed by atoms with E-state index < -0.39 is 11.6 Å². The highest BCUT2D eigenvalue weighted by Gasteiger charge is 2.31. The first-order valence-corrected chi connectivity index (χ1v) is 6.85. The summed E-state index contributed by atoms with van der Waals surface area (Å²) in [7, 11) is 0. The van der Waals surface area contributed by atoms with Gasteiger partial charge in [0.25, 0.3) is 0 Å². The minimum absolute atomic E-state index is 0.0834. The first kappa shape index (κ1) is 13.5. The lowest BCUT2D eigenvalue weighted by Crippen LogP contribution is -2.35. The SMILES string of the molecule is CCCNC1COCC1c1nc2cc(F)c(F)cc2[nH]1. The summed E-state index contributed by atoms with van der Waals surface area (Å²) in [6.07, 6.45) is 1.04. The van der Waals surface area contributed by atoms with Crippen LogP contribution in [0.2, 0.25) is 0 Å². The van der Waals surface area contributed by atoms with Gasteiger partial charge in [0.05, 0.1) is 30.2 Å². The van der Waals surface area contributed by atoms with Gasteiger partial charge in [0.15, 0.2) is 11.6 Å². The smallest absolute Gasteiger partial charge is 0.161 e. The standard InChI is InChI=1S/C14H17F2N3O/c1-2-3-17-13-7-20-6-8(13)14-18-11-4-9(15)10(16)5-12(11)19-14/h4-5,8,13,17H,2-3,6-7H2,1H3,(H,18,19). The molecular formula is C14H17F2N3O. The molecule has 2 N–H and O–H groups in total. The molecule has 3 rings (SSSR count). The molecular weight excluding hydrogens is 264 g/mol. The van der Waals surface area contributed by atoms with Gasteiger partial charge in [0.1, 0.15) is 5.82 Å². The molecule has 0 amide bonds. The summed E-state index contributed by atoms with van der Waals surface area (Å²) in [6, 6.07) is 2.45. The van der Waals surface area contributed by atoms with Crippen molar-refractivity contribution in [3.05, 3.63) is 29.6 Å². The number of rotatable bonds is 4. The molecule has 1 aliphatic heterocycles. The Bertz CT molecular complexity index is 575. The maximum absolute atomic E-state index is 13.2. The molecule has 1 aromatic carbocycles. The molecule has 0 aliphatic carbocycles. The largest absolute Gasteiger partial charge is 0.379 e. The molecule has 1 aliphatic rings. The van der Waals surface area contributed by atoms with E-state index >= 15 is 0 Å². The third-order valence-electron chi connectivity index (χ3n) is 3.63. The van der Waals surface area contributed by atoms with Crippen molar-refractivity contribution < 1.29 is 13.5 Å². The van der Waals surface area contributed by atoms with Crippen molar-refractivity contribution >= 4 is 11.0 Å². The molecule has 1 fully saturated rings. The van der Waals surface area contributed by atoms with Gasteiger partial charge in [-0.2, -0.15) is 0 Å². The van der Waals surface area contributed by atoms with Gasteiger partial charge in [0, 0.05) is 18.2 Å². The Labute approximate surface area is 115 Å². The number of ether oxygens (including phenoxy) is 1. The first-order chi connectivity index (χ1) is 9.69. The fraction of sp³-hybridized carbons (Fsp3) is 0.500. The van der Waals surface area contributed by atoms with Gasteiger partial charge in [0.2, 0.25) is 0 Å². The van der Waals surface area contributed by atoms with Crippen molar-refractivity contribution in [2.24, 2.45) is 0 Å². The van der Waals surface area contributed by atoms with Crippen LogP contribution in [0.1, 0.15) is 25.1 Å².